The number of carbonyl (C=O) groups is 1. The monoisotopic (exact) mass is 382 g/mol. The first-order chi connectivity index (χ1) is 12.0. The third-order valence-corrected chi connectivity index (χ3v) is 4.67. The van der Waals surface area contributed by atoms with Crippen LogP contribution in [0.1, 0.15) is 5.56 Å². The number of halogens is 3. The molecule has 1 saturated heterocycles. The number of benzene rings is 1. The Morgan fingerprint density at radius 1 is 1.28 bits per heavy atom. The molecule has 0 radical (unpaired) electrons. The van der Waals surface area contributed by atoms with Crippen molar-refractivity contribution in [3.63, 3.8) is 0 Å². The molecule has 1 amide bonds. The van der Waals surface area contributed by atoms with Gasteiger partial charge in [-0.15, -0.1) is 0 Å². The summed E-state index contributed by atoms with van der Waals surface area (Å²) >= 11 is 12.3. The normalized spacial score (nSPS) is 18.1. The summed E-state index contributed by atoms with van der Waals surface area (Å²) < 4.78 is 12.9. The third kappa shape index (κ3) is 4.67. The molecular formula is C17H17Cl2FN4O. The van der Waals surface area contributed by atoms with E-state index in [1.807, 2.05) is 0 Å². The van der Waals surface area contributed by atoms with Gasteiger partial charge < -0.3 is 10.6 Å². The zero-order chi connectivity index (χ0) is 17.8. The van der Waals surface area contributed by atoms with E-state index in [1.165, 1.54) is 24.3 Å². The van der Waals surface area contributed by atoms with Crippen LogP contribution in [0.3, 0.4) is 0 Å². The van der Waals surface area contributed by atoms with Crippen LogP contribution in [-0.4, -0.2) is 41.5 Å². The first-order valence-electron chi connectivity index (χ1n) is 7.83. The number of carbonyl (C=O) groups excluding carboxylic acids is 1. The highest BCUT2D eigenvalue weighted by atomic mass is 35.5. The van der Waals surface area contributed by atoms with E-state index in [0.29, 0.717) is 35.4 Å². The molecule has 1 fully saturated rings. The highest BCUT2D eigenvalue weighted by Gasteiger charge is 2.26. The fourth-order valence-electron chi connectivity index (χ4n) is 2.71. The first kappa shape index (κ1) is 18.1. The van der Waals surface area contributed by atoms with Crippen LogP contribution in [0, 0.1) is 5.82 Å². The molecule has 0 aliphatic carbocycles. The van der Waals surface area contributed by atoms with Crippen LogP contribution in [0.4, 0.5) is 10.1 Å². The summed E-state index contributed by atoms with van der Waals surface area (Å²) in [5.41, 5.74) is 1.36. The lowest BCUT2D eigenvalue weighted by Crippen LogP contribution is -2.55. The van der Waals surface area contributed by atoms with E-state index in [0.717, 1.165) is 12.1 Å². The Hall–Kier alpha value is -1.73. The van der Waals surface area contributed by atoms with Gasteiger partial charge in [-0.25, -0.2) is 4.39 Å². The second-order valence-corrected chi connectivity index (χ2v) is 6.63. The fraction of sp³-hybridized carbons (Fsp3) is 0.294. The maximum absolute atomic E-state index is 12.9. The molecule has 2 aromatic rings. The zero-order valence-corrected chi connectivity index (χ0v) is 14.8. The SMILES string of the molecule is O=C(Nc1ccc(F)cc1)[C@@H]1CN(Cc2c(Cl)cncc2Cl)CCN1. The van der Waals surface area contributed by atoms with Gasteiger partial charge in [-0.3, -0.25) is 14.7 Å². The minimum Gasteiger partial charge on any atom is -0.325 e. The quantitative estimate of drug-likeness (QED) is 0.853. The molecule has 2 heterocycles. The van der Waals surface area contributed by atoms with Crippen molar-refractivity contribution in [1.82, 2.24) is 15.2 Å². The van der Waals surface area contributed by atoms with Crippen LogP contribution in [0.5, 0.6) is 0 Å². The van der Waals surface area contributed by atoms with Crippen molar-refractivity contribution < 1.29 is 9.18 Å². The lowest BCUT2D eigenvalue weighted by Gasteiger charge is -2.33. The van der Waals surface area contributed by atoms with Crippen LogP contribution in [0.25, 0.3) is 0 Å². The van der Waals surface area contributed by atoms with Crippen LogP contribution < -0.4 is 10.6 Å². The molecule has 5 nitrogen and oxygen atoms in total. The topological polar surface area (TPSA) is 57.3 Å². The number of anilines is 1. The minimum atomic E-state index is -0.377. The molecule has 0 unspecified atom stereocenters. The molecule has 1 atom stereocenters. The van der Waals surface area contributed by atoms with Gasteiger partial charge in [0.15, 0.2) is 0 Å². The molecule has 1 aliphatic heterocycles. The largest absolute Gasteiger partial charge is 0.325 e. The number of hydrogen-bond donors (Lipinski definition) is 2. The van der Waals surface area contributed by atoms with Gasteiger partial charge in [0.1, 0.15) is 5.82 Å². The Morgan fingerprint density at radius 2 is 1.96 bits per heavy atom. The first-order valence-corrected chi connectivity index (χ1v) is 8.58. The van der Waals surface area contributed by atoms with Gasteiger partial charge in [0.25, 0.3) is 0 Å². The molecule has 1 aliphatic rings. The van der Waals surface area contributed by atoms with Gasteiger partial charge >= 0.3 is 0 Å². The van der Waals surface area contributed by atoms with Crippen LogP contribution in [0.15, 0.2) is 36.7 Å². The Morgan fingerprint density at radius 3 is 2.64 bits per heavy atom. The van der Waals surface area contributed by atoms with E-state index in [9.17, 15) is 9.18 Å². The Balaban J connectivity index is 1.62. The number of amides is 1. The third-order valence-electron chi connectivity index (χ3n) is 4.02. The standard InChI is InChI=1S/C17H17Cl2FN4O/c18-14-7-21-8-15(19)13(14)9-24-6-5-22-16(10-24)17(25)23-12-3-1-11(20)2-4-12/h1-4,7-8,16,22H,5-6,9-10H2,(H,23,25)/t16-/m0/s1. The Labute approximate surface area is 155 Å². The van der Waals surface area contributed by atoms with Crippen LogP contribution in [0.2, 0.25) is 10.0 Å². The zero-order valence-electron chi connectivity index (χ0n) is 13.3. The molecule has 1 aromatic heterocycles. The molecule has 0 spiro atoms. The van der Waals surface area contributed by atoms with Crippen molar-refractivity contribution >= 4 is 34.8 Å². The van der Waals surface area contributed by atoms with E-state index in [4.69, 9.17) is 23.2 Å². The fourth-order valence-corrected chi connectivity index (χ4v) is 3.19. The van der Waals surface area contributed by atoms with E-state index >= 15 is 0 Å². The highest BCUT2D eigenvalue weighted by molar-refractivity contribution is 6.35. The molecule has 8 heteroatoms. The Kier molecular flexibility index (Phi) is 5.86. The molecular weight excluding hydrogens is 366 g/mol. The summed E-state index contributed by atoms with van der Waals surface area (Å²) in [5, 5.41) is 7.00. The predicted octanol–water partition coefficient (Wildman–Crippen LogP) is 2.94. The van der Waals surface area contributed by atoms with Crippen molar-refractivity contribution in [3.8, 4) is 0 Å². The van der Waals surface area contributed by atoms with Gasteiger partial charge in [0.05, 0.1) is 16.1 Å². The summed E-state index contributed by atoms with van der Waals surface area (Å²) in [6.07, 6.45) is 3.12. The minimum absolute atomic E-state index is 0.164. The number of pyridine rings is 1. The summed E-state index contributed by atoms with van der Waals surface area (Å²) in [4.78, 5) is 18.5. The average molecular weight is 383 g/mol. The number of rotatable bonds is 4. The van der Waals surface area contributed by atoms with Gasteiger partial charge in [0.2, 0.25) is 5.91 Å². The van der Waals surface area contributed by atoms with E-state index in [1.54, 1.807) is 12.4 Å². The van der Waals surface area contributed by atoms with E-state index in [-0.39, 0.29) is 17.8 Å². The molecule has 2 N–H and O–H groups in total. The molecule has 0 bridgehead atoms. The lowest BCUT2D eigenvalue weighted by atomic mass is 10.1. The van der Waals surface area contributed by atoms with Gasteiger partial charge in [-0.1, -0.05) is 23.2 Å². The smallest absolute Gasteiger partial charge is 0.242 e. The lowest BCUT2D eigenvalue weighted by molar-refractivity contribution is -0.119. The number of aromatic nitrogens is 1. The van der Waals surface area contributed by atoms with E-state index < -0.39 is 0 Å². The maximum Gasteiger partial charge on any atom is 0.242 e. The number of piperazine rings is 1. The van der Waals surface area contributed by atoms with Crippen molar-refractivity contribution in [3.05, 3.63) is 58.1 Å². The van der Waals surface area contributed by atoms with Crippen molar-refractivity contribution in [2.75, 3.05) is 25.0 Å². The second kappa shape index (κ2) is 8.10. The maximum atomic E-state index is 12.9. The number of nitrogens with one attached hydrogen (secondary N) is 2. The molecule has 25 heavy (non-hydrogen) atoms. The second-order valence-electron chi connectivity index (χ2n) is 5.82. The predicted molar refractivity (Wildman–Crippen MR) is 96.4 cm³/mol. The summed E-state index contributed by atoms with van der Waals surface area (Å²) in [5.74, 6) is -0.505. The summed E-state index contributed by atoms with van der Waals surface area (Å²) in [6, 6.07) is 5.31. The van der Waals surface area contributed by atoms with E-state index in [2.05, 4.69) is 20.5 Å². The molecule has 1 aromatic carbocycles. The van der Waals surface area contributed by atoms with Crippen molar-refractivity contribution in [2.45, 2.75) is 12.6 Å². The Bertz CT molecular complexity index is 737. The van der Waals surface area contributed by atoms with Crippen molar-refractivity contribution in [2.24, 2.45) is 0 Å². The highest BCUT2D eigenvalue weighted by Crippen LogP contribution is 2.24. The van der Waals surface area contributed by atoms with Crippen LogP contribution >= 0.6 is 23.2 Å². The van der Waals surface area contributed by atoms with Gasteiger partial charge in [0, 0.05) is 49.8 Å². The number of nitrogens with zero attached hydrogens (tertiary/aromatic N) is 2. The summed E-state index contributed by atoms with van der Waals surface area (Å²) in [7, 11) is 0. The van der Waals surface area contributed by atoms with Crippen LogP contribution in [-0.2, 0) is 11.3 Å². The van der Waals surface area contributed by atoms with Gasteiger partial charge in [-0.2, -0.15) is 0 Å². The molecule has 132 valence electrons. The number of hydrogen-bond acceptors (Lipinski definition) is 4. The molecule has 3 rings (SSSR count). The molecule has 0 saturated carbocycles. The average Bonchev–Trinajstić information content (AvgIpc) is 2.60. The summed E-state index contributed by atoms with van der Waals surface area (Å²) in [6.45, 7) is 2.50. The van der Waals surface area contributed by atoms with Gasteiger partial charge in [-0.05, 0) is 24.3 Å². The van der Waals surface area contributed by atoms with Crippen molar-refractivity contribution in [1.29, 1.82) is 0 Å².